The van der Waals surface area contributed by atoms with E-state index in [0.717, 1.165) is 13.2 Å². The molecule has 1 aromatic carbocycles. The van der Waals surface area contributed by atoms with Gasteiger partial charge in [0.15, 0.2) is 0 Å². The molecule has 2 heteroatoms. The van der Waals surface area contributed by atoms with E-state index in [-0.39, 0.29) is 9.52 Å². The molecular weight excluding hydrogens is 248 g/mol. The summed E-state index contributed by atoms with van der Waals surface area (Å²) in [5.74, 6) is 0. The van der Waals surface area contributed by atoms with Crippen LogP contribution in [-0.2, 0) is 4.74 Å². The zero-order valence-electron chi connectivity index (χ0n) is 13.2. The molecule has 1 aromatic rings. The fourth-order valence-electron chi connectivity index (χ4n) is 1.72. The van der Waals surface area contributed by atoms with Gasteiger partial charge in [0, 0.05) is 13.2 Å². The minimum Gasteiger partial charge on any atom is -0.381 e. The molecule has 0 radical (unpaired) electrons. The normalized spacial score (nSPS) is 10.5. The molecule has 0 bridgehead atoms. The highest BCUT2D eigenvalue weighted by Gasteiger charge is 1.88. The Kier molecular flexibility index (Phi) is 15.0. The van der Waals surface area contributed by atoms with E-state index in [1.807, 2.05) is 0 Å². The molecule has 0 aliphatic carbocycles. The lowest BCUT2D eigenvalue weighted by Crippen LogP contribution is -2.07. The predicted octanol–water partition coefficient (Wildman–Crippen LogP) is 3.91. The van der Waals surface area contributed by atoms with Crippen LogP contribution in [0.15, 0.2) is 30.3 Å². The van der Waals surface area contributed by atoms with Crippen molar-refractivity contribution in [3.05, 3.63) is 30.3 Å². The minimum atomic E-state index is 0.0913. The quantitative estimate of drug-likeness (QED) is 0.492. The third-order valence-electron chi connectivity index (χ3n) is 3.04. The summed E-state index contributed by atoms with van der Waals surface area (Å²) in [4.78, 5) is 0. The second-order valence-electron chi connectivity index (χ2n) is 4.87. The maximum atomic E-state index is 5.44. The number of unbranched alkanes of at least 4 members (excludes halogenated alkanes) is 4. The van der Waals surface area contributed by atoms with E-state index in [0.29, 0.717) is 0 Å². The summed E-state index contributed by atoms with van der Waals surface area (Å²) in [5.41, 5.74) is 0. The second kappa shape index (κ2) is 15.5. The third kappa shape index (κ3) is 13.6. The molecule has 0 heterocycles. The summed E-state index contributed by atoms with van der Waals surface area (Å²) in [5, 5.41) is 1.55. The molecule has 0 fully saturated rings. The Morgan fingerprint density at radius 2 is 1.37 bits per heavy atom. The molecule has 0 aliphatic rings. The highest BCUT2D eigenvalue weighted by atomic mass is 28.2. The van der Waals surface area contributed by atoms with E-state index in [2.05, 4.69) is 50.7 Å². The van der Waals surface area contributed by atoms with Crippen LogP contribution in [0.2, 0.25) is 6.55 Å². The maximum Gasteiger partial charge on any atom is 0.0516 e. The Morgan fingerprint density at radius 1 is 0.842 bits per heavy atom. The molecule has 1 rings (SSSR count). The molecule has 0 aromatic heterocycles. The number of ether oxygens (including phenoxy) is 1. The summed E-state index contributed by atoms with van der Waals surface area (Å²) >= 11 is 0. The molecule has 0 unspecified atom stereocenters. The zero-order valence-corrected chi connectivity index (χ0v) is 14.6. The maximum absolute atomic E-state index is 5.44. The van der Waals surface area contributed by atoms with Crippen LogP contribution < -0.4 is 5.19 Å². The first-order valence-electron chi connectivity index (χ1n) is 7.96. The van der Waals surface area contributed by atoms with Crippen LogP contribution in [0.3, 0.4) is 0 Å². The number of benzene rings is 1. The standard InChI is InChI=1S/C10H22O.C7H10Si/c1-3-5-7-9-11-10-8-6-4-2;1-8-7-5-3-2-4-6-7/h3-10H2,1-2H3;2-6H,8H2,1H3. The first-order chi connectivity index (χ1) is 9.35. The van der Waals surface area contributed by atoms with E-state index in [9.17, 15) is 0 Å². The van der Waals surface area contributed by atoms with Gasteiger partial charge in [-0.05, 0) is 12.8 Å². The Morgan fingerprint density at radius 3 is 1.74 bits per heavy atom. The van der Waals surface area contributed by atoms with Crippen LogP contribution in [0.4, 0.5) is 0 Å². The number of hydrogen-bond donors (Lipinski definition) is 0. The number of hydrogen-bond acceptors (Lipinski definition) is 1. The van der Waals surface area contributed by atoms with Crippen molar-refractivity contribution in [3.8, 4) is 0 Å². The summed E-state index contributed by atoms with van der Waals surface area (Å²) in [6.07, 6.45) is 7.68. The predicted molar refractivity (Wildman–Crippen MR) is 90.4 cm³/mol. The Balaban J connectivity index is 0.000000356. The van der Waals surface area contributed by atoms with Crippen molar-refractivity contribution in [2.24, 2.45) is 0 Å². The van der Waals surface area contributed by atoms with Gasteiger partial charge in [0.25, 0.3) is 0 Å². The molecule has 0 atom stereocenters. The fourth-order valence-corrected chi connectivity index (χ4v) is 2.47. The van der Waals surface area contributed by atoms with Crippen LogP contribution >= 0.6 is 0 Å². The lowest BCUT2D eigenvalue weighted by Gasteiger charge is -2.01. The first-order valence-corrected chi connectivity index (χ1v) is 10.1. The van der Waals surface area contributed by atoms with Gasteiger partial charge in [-0.2, -0.15) is 0 Å². The largest absolute Gasteiger partial charge is 0.381 e. The highest BCUT2D eigenvalue weighted by molar-refractivity contribution is 6.51. The lowest BCUT2D eigenvalue weighted by molar-refractivity contribution is 0.126. The molecular formula is C17H32OSi. The lowest BCUT2D eigenvalue weighted by atomic mass is 10.2. The van der Waals surface area contributed by atoms with Gasteiger partial charge in [0.05, 0.1) is 9.52 Å². The molecule has 0 saturated heterocycles. The highest BCUT2D eigenvalue weighted by Crippen LogP contribution is 1.97. The summed E-state index contributed by atoms with van der Waals surface area (Å²) in [7, 11) is 0.0913. The fraction of sp³-hybridized carbons (Fsp3) is 0.647. The first kappa shape index (κ1) is 18.4. The average Bonchev–Trinajstić information content (AvgIpc) is 2.48. The monoisotopic (exact) mass is 280 g/mol. The molecule has 0 saturated carbocycles. The van der Waals surface area contributed by atoms with Crippen molar-refractivity contribution >= 4 is 14.7 Å². The van der Waals surface area contributed by atoms with Crippen molar-refractivity contribution in [1.82, 2.24) is 0 Å². The SMILES string of the molecule is CCCCCOCCCCC.C[SiH2]c1ccccc1. The molecule has 110 valence electrons. The van der Waals surface area contributed by atoms with Gasteiger partial charge >= 0.3 is 0 Å². The molecule has 0 amide bonds. The summed E-state index contributed by atoms with van der Waals surface area (Å²) < 4.78 is 5.44. The molecule has 1 nitrogen and oxygen atoms in total. The van der Waals surface area contributed by atoms with E-state index < -0.39 is 0 Å². The van der Waals surface area contributed by atoms with E-state index in [1.165, 1.54) is 38.5 Å². The van der Waals surface area contributed by atoms with Crippen LogP contribution in [0.1, 0.15) is 52.4 Å². The zero-order chi connectivity index (χ0) is 14.2. The molecule has 0 aliphatic heterocycles. The van der Waals surface area contributed by atoms with Crippen LogP contribution in [0.25, 0.3) is 0 Å². The summed E-state index contributed by atoms with van der Waals surface area (Å²) in [6, 6.07) is 10.7. The van der Waals surface area contributed by atoms with Gasteiger partial charge in [-0.3, -0.25) is 0 Å². The Hall–Kier alpha value is -0.603. The topological polar surface area (TPSA) is 9.23 Å². The molecule has 19 heavy (non-hydrogen) atoms. The van der Waals surface area contributed by atoms with Crippen molar-refractivity contribution in [2.75, 3.05) is 13.2 Å². The van der Waals surface area contributed by atoms with Gasteiger partial charge in [-0.15, -0.1) is 0 Å². The number of rotatable bonds is 9. The van der Waals surface area contributed by atoms with Crippen molar-refractivity contribution < 1.29 is 4.74 Å². The molecule has 0 spiro atoms. The Labute approximate surface area is 122 Å². The van der Waals surface area contributed by atoms with Gasteiger partial charge in [0.2, 0.25) is 0 Å². The van der Waals surface area contributed by atoms with E-state index in [4.69, 9.17) is 4.74 Å². The second-order valence-corrected chi connectivity index (χ2v) is 6.39. The minimum absolute atomic E-state index is 0.0913. The van der Waals surface area contributed by atoms with Crippen molar-refractivity contribution in [1.29, 1.82) is 0 Å². The van der Waals surface area contributed by atoms with Crippen LogP contribution in [0.5, 0.6) is 0 Å². The summed E-state index contributed by atoms with van der Waals surface area (Å²) in [6.45, 7) is 8.68. The van der Waals surface area contributed by atoms with Crippen molar-refractivity contribution in [2.45, 2.75) is 58.9 Å². The third-order valence-corrected chi connectivity index (χ3v) is 4.32. The van der Waals surface area contributed by atoms with Gasteiger partial charge < -0.3 is 4.74 Å². The van der Waals surface area contributed by atoms with Crippen molar-refractivity contribution in [3.63, 3.8) is 0 Å². The van der Waals surface area contributed by atoms with E-state index >= 15 is 0 Å². The smallest absolute Gasteiger partial charge is 0.0516 e. The van der Waals surface area contributed by atoms with E-state index in [1.54, 1.807) is 5.19 Å². The van der Waals surface area contributed by atoms with Crippen LogP contribution in [-0.4, -0.2) is 22.7 Å². The molecule has 0 N–H and O–H groups in total. The van der Waals surface area contributed by atoms with Crippen LogP contribution in [0, 0.1) is 0 Å². The Bertz CT molecular complexity index is 253. The van der Waals surface area contributed by atoms with Gasteiger partial charge in [-0.1, -0.05) is 81.6 Å². The van der Waals surface area contributed by atoms with Gasteiger partial charge in [-0.25, -0.2) is 0 Å². The van der Waals surface area contributed by atoms with Gasteiger partial charge in [0.1, 0.15) is 0 Å². The average molecular weight is 281 g/mol.